The van der Waals surface area contributed by atoms with E-state index in [-0.39, 0.29) is 23.3 Å². The number of pyridine rings is 1. The minimum absolute atomic E-state index is 0.0666. The fourth-order valence-corrected chi connectivity index (χ4v) is 4.45. The van der Waals surface area contributed by atoms with Crippen LogP contribution >= 0.6 is 0 Å². The molecular weight excluding hydrogens is 463 g/mol. The summed E-state index contributed by atoms with van der Waals surface area (Å²) in [5.74, 6) is -0.0395. The third kappa shape index (κ3) is 4.89. The van der Waals surface area contributed by atoms with E-state index in [4.69, 9.17) is 4.74 Å². The van der Waals surface area contributed by atoms with E-state index in [0.717, 1.165) is 5.69 Å². The summed E-state index contributed by atoms with van der Waals surface area (Å²) in [5, 5.41) is 3.71. The lowest BCUT2D eigenvalue weighted by atomic mass is 10.0. The number of aromatic amines is 1. The van der Waals surface area contributed by atoms with Gasteiger partial charge in [-0.1, -0.05) is 6.07 Å². The molecule has 4 aromatic rings. The number of halogens is 1. The number of nitrogens with zero attached hydrogens (tertiary/aromatic N) is 4. The fraction of sp³-hybridized carbons (Fsp3) is 0.385. The monoisotopic (exact) mass is 492 g/mol. The van der Waals surface area contributed by atoms with Crippen LogP contribution in [-0.2, 0) is 4.74 Å². The van der Waals surface area contributed by atoms with Gasteiger partial charge in [0, 0.05) is 37.1 Å². The predicted molar refractivity (Wildman–Crippen MR) is 136 cm³/mol. The molecule has 0 aliphatic carbocycles. The van der Waals surface area contributed by atoms with Gasteiger partial charge in [-0.3, -0.25) is 9.78 Å². The first-order valence-corrected chi connectivity index (χ1v) is 12.0. The van der Waals surface area contributed by atoms with Crippen molar-refractivity contribution in [2.45, 2.75) is 52.2 Å². The molecule has 188 valence electrons. The SMILES string of the molecule is Cc1cn2cc(-c3ccc4nc(NC5CCN(C(=O)OC(C)(C)C)CC5)[nH]c(=O)c4c3)cc(F)c2n1. The number of carbonyl (C=O) groups is 1. The van der Waals surface area contributed by atoms with Gasteiger partial charge in [-0.2, -0.15) is 0 Å². The van der Waals surface area contributed by atoms with E-state index < -0.39 is 11.4 Å². The highest BCUT2D eigenvalue weighted by Crippen LogP contribution is 2.25. The second-order valence-corrected chi connectivity index (χ2v) is 10.2. The number of H-pyrrole nitrogens is 1. The highest BCUT2D eigenvalue weighted by molar-refractivity contribution is 5.84. The van der Waals surface area contributed by atoms with Gasteiger partial charge in [-0.25, -0.2) is 19.2 Å². The Bertz CT molecular complexity index is 1510. The first-order chi connectivity index (χ1) is 17.1. The molecule has 2 N–H and O–H groups in total. The van der Waals surface area contributed by atoms with Gasteiger partial charge in [0.2, 0.25) is 5.95 Å². The van der Waals surface area contributed by atoms with Crippen molar-refractivity contribution >= 4 is 28.6 Å². The molecule has 3 aromatic heterocycles. The number of carbonyl (C=O) groups excluding carboxylic acids is 1. The lowest BCUT2D eigenvalue weighted by molar-refractivity contribution is 0.0210. The summed E-state index contributed by atoms with van der Waals surface area (Å²) in [6.07, 6.45) is 4.66. The summed E-state index contributed by atoms with van der Waals surface area (Å²) in [6.45, 7) is 8.48. The lowest BCUT2D eigenvalue weighted by Crippen LogP contribution is -2.44. The number of rotatable bonds is 3. The molecule has 1 aliphatic rings. The molecule has 10 heteroatoms. The van der Waals surface area contributed by atoms with Crippen LogP contribution < -0.4 is 10.9 Å². The van der Waals surface area contributed by atoms with Crippen LogP contribution in [0.4, 0.5) is 15.1 Å². The Morgan fingerprint density at radius 1 is 1.14 bits per heavy atom. The number of hydrogen-bond acceptors (Lipinski definition) is 6. The molecule has 4 heterocycles. The molecular formula is C26H29FN6O3. The third-order valence-corrected chi connectivity index (χ3v) is 6.15. The van der Waals surface area contributed by atoms with E-state index in [0.29, 0.717) is 53.9 Å². The van der Waals surface area contributed by atoms with Crippen LogP contribution in [0.15, 0.2) is 41.5 Å². The summed E-state index contributed by atoms with van der Waals surface area (Å²) in [4.78, 5) is 38.4. The van der Waals surface area contributed by atoms with Crippen molar-refractivity contribution in [3.8, 4) is 11.1 Å². The number of piperidine rings is 1. The van der Waals surface area contributed by atoms with Crippen molar-refractivity contribution < 1.29 is 13.9 Å². The second-order valence-electron chi connectivity index (χ2n) is 10.2. The quantitative estimate of drug-likeness (QED) is 0.437. The maximum atomic E-state index is 14.6. The molecule has 36 heavy (non-hydrogen) atoms. The number of aromatic nitrogens is 4. The van der Waals surface area contributed by atoms with Crippen LogP contribution in [0.2, 0.25) is 0 Å². The third-order valence-electron chi connectivity index (χ3n) is 6.15. The van der Waals surface area contributed by atoms with Crippen LogP contribution in [-0.4, -0.2) is 55.1 Å². The van der Waals surface area contributed by atoms with Crippen LogP contribution in [0.25, 0.3) is 27.7 Å². The summed E-state index contributed by atoms with van der Waals surface area (Å²) in [6, 6.07) is 6.79. The normalized spacial score (nSPS) is 15.0. The van der Waals surface area contributed by atoms with E-state index in [1.807, 2.05) is 33.8 Å². The number of fused-ring (bicyclic) bond motifs is 2. The molecule has 0 atom stereocenters. The molecule has 9 nitrogen and oxygen atoms in total. The Kier molecular flexibility index (Phi) is 5.89. The summed E-state index contributed by atoms with van der Waals surface area (Å²) < 4.78 is 21.6. The molecule has 0 radical (unpaired) electrons. The zero-order chi connectivity index (χ0) is 25.6. The molecule has 0 unspecified atom stereocenters. The highest BCUT2D eigenvalue weighted by atomic mass is 19.1. The minimum Gasteiger partial charge on any atom is -0.444 e. The number of aryl methyl sites for hydroxylation is 1. The van der Waals surface area contributed by atoms with Gasteiger partial charge in [-0.15, -0.1) is 0 Å². The highest BCUT2D eigenvalue weighted by Gasteiger charge is 2.27. The van der Waals surface area contributed by atoms with E-state index >= 15 is 0 Å². The van der Waals surface area contributed by atoms with Crippen LogP contribution in [0.5, 0.6) is 0 Å². The number of likely N-dealkylation sites (tertiary alicyclic amines) is 1. The number of anilines is 1. The zero-order valence-electron chi connectivity index (χ0n) is 20.8. The molecule has 1 aromatic carbocycles. The summed E-state index contributed by atoms with van der Waals surface area (Å²) >= 11 is 0. The Morgan fingerprint density at radius 3 is 2.61 bits per heavy atom. The Morgan fingerprint density at radius 2 is 1.89 bits per heavy atom. The van der Waals surface area contributed by atoms with E-state index in [2.05, 4.69) is 20.3 Å². The molecule has 0 bridgehead atoms. The van der Waals surface area contributed by atoms with Gasteiger partial charge in [0.25, 0.3) is 5.56 Å². The Balaban J connectivity index is 1.32. The Hall–Kier alpha value is -3.95. The number of imidazole rings is 1. The number of amides is 1. The number of nitrogens with one attached hydrogen (secondary N) is 2. The number of hydrogen-bond donors (Lipinski definition) is 2. The maximum absolute atomic E-state index is 14.6. The van der Waals surface area contributed by atoms with Gasteiger partial charge in [0.05, 0.1) is 16.6 Å². The van der Waals surface area contributed by atoms with Gasteiger partial charge < -0.3 is 19.4 Å². The zero-order valence-corrected chi connectivity index (χ0v) is 20.8. The van der Waals surface area contributed by atoms with Crippen LogP contribution in [0, 0.1) is 12.7 Å². The summed E-state index contributed by atoms with van der Waals surface area (Å²) in [7, 11) is 0. The van der Waals surface area contributed by atoms with Crippen LogP contribution in [0.3, 0.4) is 0 Å². The van der Waals surface area contributed by atoms with Crippen molar-refractivity contribution in [1.29, 1.82) is 0 Å². The fourth-order valence-electron chi connectivity index (χ4n) is 4.45. The topological polar surface area (TPSA) is 105 Å². The second kappa shape index (κ2) is 8.92. The van der Waals surface area contributed by atoms with Gasteiger partial charge in [0.15, 0.2) is 11.5 Å². The largest absolute Gasteiger partial charge is 0.444 e. The molecule has 1 fully saturated rings. The lowest BCUT2D eigenvalue weighted by Gasteiger charge is -2.33. The van der Waals surface area contributed by atoms with E-state index in [9.17, 15) is 14.0 Å². The van der Waals surface area contributed by atoms with Crippen molar-refractivity contribution in [3.05, 3.63) is 58.5 Å². The minimum atomic E-state index is -0.528. The smallest absolute Gasteiger partial charge is 0.410 e. The number of ether oxygens (including phenoxy) is 1. The molecule has 0 spiro atoms. The van der Waals surface area contributed by atoms with Gasteiger partial charge in [0.1, 0.15) is 5.60 Å². The maximum Gasteiger partial charge on any atom is 0.410 e. The molecule has 1 saturated heterocycles. The van der Waals surface area contributed by atoms with E-state index in [1.165, 1.54) is 6.07 Å². The number of benzene rings is 1. The average molecular weight is 493 g/mol. The van der Waals surface area contributed by atoms with Gasteiger partial charge >= 0.3 is 6.09 Å². The van der Waals surface area contributed by atoms with Gasteiger partial charge in [-0.05, 0) is 64.3 Å². The van der Waals surface area contributed by atoms with Crippen molar-refractivity contribution in [1.82, 2.24) is 24.3 Å². The predicted octanol–water partition coefficient (Wildman–Crippen LogP) is 4.50. The molecule has 1 aliphatic heterocycles. The average Bonchev–Trinajstić information content (AvgIpc) is 3.19. The molecule has 5 rings (SSSR count). The molecule has 1 amide bonds. The first-order valence-electron chi connectivity index (χ1n) is 12.0. The first kappa shape index (κ1) is 23.8. The van der Waals surface area contributed by atoms with Crippen molar-refractivity contribution in [3.63, 3.8) is 0 Å². The summed E-state index contributed by atoms with van der Waals surface area (Å²) in [5.41, 5.74) is 2.06. The Labute approximate surface area is 207 Å². The van der Waals surface area contributed by atoms with E-state index in [1.54, 1.807) is 33.8 Å². The standard InChI is InChI=1S/C26H29FN6O3/c1-15-13-33-14-17(12-20(27)22(33)28-15)16-5-6-21-19(11-16)23(34)31-24(30-21)29-18-7-9-32(10-8-18)25(35)36-26(2,3)4/h5-6,11-14,18H,7-10H2,1-4H3,(H2,29,30,31,34). The molecule has 0 saturated carbocycles. The van der Waals surface area contributed by atoms with Crippen LogP contribution in [0.1, 0.15) is 39.3 Å². The van der Waals surface area contributed by atoms with Crippen molar-refractivity contribution in [2.24, 2.45) is 0 Å². The van der Waals surface area contributed by atoms with Crippen molar-refractivity contribution in [2.75, 3.05) is 18.4 Å².